The van der Waals surface area contributed by atoms with Crippen LogP contribution in [0.2, 0.25) is 0 Å². The van der Waals surface area contributed by atoms with Crippen molar-refractivity contribution in [2.75, 3.05) is 6.61 Å². The summed E-state index contributed by atoms with van der Waals surface area (Å²) in [6.45, 7) is 1.53. The summed E-state index contributed by atoms with van der Waals surface area (Å²) in [6.07, 6.45) is 7.29. The Labute approximate surface area is 148 Å². The summed E-state index contributed by atoms with van der Waals surface area (Å²) in [5.74, 6) is -0.752. The molecule has 1 aliphatic rings. The summed E-state index contributed by atoms with van der Waals surface area (Å²) < 4.78 is 4.95. The van der Waals surface area contributed by atoms with Crippen molar-refractivity contribution in [2.24, 2.45) is 5.92 Å². The van der Waals surface area contributed by atoms with Gasteiger partial charge in [-0.2, -0.15) is 0 Å². The monoisotopic (exact) mass is 346 g/mol. The van der Waals surface area contributed by atoms with E-state index in [4.69, 9.17) is 4.74 Å². The number of hydrazine groups is 1. The molecule has 2 N–H and O–H groups in total. The van der Waals surface area contributed by atoms with Gasteiger partial charge in [0.15, 0.2) is 6.61 Å². The molecule has 2 rings (SSSR count). The van der Waals surface area contributed by atoms with Crippen LogP contribution < -0.4 is 10.9 Å². The number of benzene rings is 1. The Morgan fingerprint density at radius 1 is 1.04 bits per heavy atom. The predicted molar refractivity (Wildman–Crippen MR) is 93.6 cm³/mol. The Morgan fingerprint density at radius 2 is 1.72 bits per heavy atom. The molecule has 0 aromatic heterocycles. The van der Waals surface area contributed by atoms with Crippen LogP contribution in [0.3, 0.4) is 0 Å². The van der Waals surface area contributed by atoms with Crippen molar-refractivity contribution in [1.29, 1.82) is 0 Å². The van der Waals surface area contributed by atoms with Crippen LogP contribution in [0.5, 0.6) is 0 Å². The van der Waals surface area contributed by atoms with Crippen LogP contribution in [0.25, 0.3) is 0 Å². The highest BCUT2D eigenvalue weighted by atomic mass is 16.5. The number of nitrogens with one attached hydrogen (secondary N) is 2. The van der Waals surface area contributed by atoms with Crippen molar-refractivity contribution in [3.8, 4) is 0 Å². The molecule has 0 aliphatic heterocycles. The number of carbonyl (C=O) groups is 3. The number of hydrogen-bond donors (Lipinski definition) is 2. The van der Waals surface area contributed by atoms with Crippen molar-refractivity contribution in [2.45, 2.75) is 51.9 Å². The molecule has 0 saturated heterocycles. The van der Waals surface area contributed by atoms with Gasteiger partial charge in [-0.1, -0.05) is 49.8 Å². The van der Waals surface area contributed by atoms with Gasteiger partial charge in [0.1, 0.15) is 0 Å². The third-order valence-electron chi connectivity index (χ3n) is 4.47. The predicted octanol–water partition coefficient (Wildman–Crippen LogP) is 2.66. The van der Waals surface area contributed by atoms with E-state index in [-0.39, 0.29) is 5.97 Å². The molecular formula is C19H26N2O4. The fraction of sp³-hybridized carbons (Fsp3) is 0.526. The van der Waals surface area contributed by atoms with Crippen LogP contribution in [-0.2, 0) is 14.3 Å². The van der Waals surface area contributed by atoms with Gasteiger partial charge in [-0.15, -0.1) is 0 Å². The lowest BCUT2D eigenvalue weighted by molar-refractivity contribution is -0.149. The lowest BCUT2D eigenvalue weighted by Crippen LogP contribution is -2.43. The fourth-order valence-electron chi connectivity index (χ4n) is 2.96. The summed E-state index contributed by atoms with van der Waals surface area (Å²) in [4.78, 5) is 35.2. The topological polar surface area (TPSA) is 84.5 Å². The van der Waals surface area contributed by atoms with E-state index in [2.05, 4.69) is 10.9 Å². The molecule has 0 unspecified atom stereocenters. The highest BCUT2D eigenvalue weighted by molar-refractivity contribution is 5.95. The van der Waals surface area contributed by atoms with Gasteiger partial charge in [-0.3, -0.25) is 25.2 Å². The summed E-state index contributed by atoms with van der Waals surface area (Å²) in [7, 11) is 0. The Balaban J connectivity index is 1.60. The second-order valence-corrected chi connectivity index (χ2v) is 6.57. The summed E-state index contributed by atoms with van der Waals surface area (Å²) in [5.41, 5.74) is 6.02. The first kappa shape index (κ1) is 19.0. The Hall–Kier alpha value is -2.37. The van der Waals surface area contributed by atoms with Gasteiger partial charge in [0.05, 0.1) is 0 Å². The van der Waals surface area contributed by atoms with Crippen molar-refractivity contribution in [3.63, 3.8) is 0 Å². The van der Waals surface area contributed by atoms with Crippen LogP contribution in [0.15, 0.2) is 24.3 Å². The van der Waals surface area contributed by atoms with Gasteiger partial charge in [-0.05, 0) is 31.4 Å². The van der Waals surface area contributed by atoms with Crippen LogP contribution in [0.1, 0.15) is 60.9 Å². The average Bonchev–Trinajstić information content (AvgIpc) is 2.64. The molecule has 0 atom stereocenters. The Bertz CT molecular complexity index is 592. The quantitative estimate of drug-likeness (QED) is 0.613. The van der Waals surface area contributed by atoms with Gasteiger partial charge < -0.3 is 4.74 Å². The molecule has 6 heteroatoms. The van der Waals surface area contributed by atoms with Gasteiger partial charge in [-0.25, -0.2) is 0 Å². The molecule has 0 bridgehead atoms. The van der Waals surface area contributed by atoms with Gasteiger partial charge >= 0.3 is 5.97 Å². The largest absolute Gasteiger partial charge is 0.455 e. The lowest BCUT2D eigenvalue weighted by Gasteiger charge is -2.20. The maximum absolute atomic E-state index is 11.8. The molecule has 1 aliphatic carbocycles. The summed E-state index contributed by atoms with van der Waals surface area (Å²) in [5, 5.41) is 0. The van der Waals surface area contributed by atoms with Gasteiger partial charge in [0.25, 0.3) is 11.8 Å². The third-order valence-corrected chi connectivity index (χ3v) is 4.47. The zero-order chi connectivity index (χ0) is 18.1. The van der Waals surface area contributed by atoms with E-state index >= 15 is 0 Å². The number of amides is 2. The van der Waals surface area contributed by atoms with E-state index in [1.165, 1.54) is 32.1 Å². The molecule has 6 nitrogen and oxygen atoms in total. The van der Waals surface area contributed by atoms with Crippen molar-refractivity contribution in [3.05, 3.63) is 35.4 Å². The minimum absolute atomic E-state index is 0.341. The van der Waals surface area contributed by atoms with E-state index in [0.29, 0.717) is 17.9 Å². The van der Waals surface area contributed by atoms with E-state index in [1.54, 1.807) is 12.1 Å². The van der Waals surface area contributed by atoms with Gasteiger partial charge in [0, 0.05) is 12.0 Å². The Kier molecular flexibility index (Phi) is 7.44. The zero-order valence-corrected chi connectivity index (χ0v) is 14.7. The SMILES string of the molecule is Cc1ccc(C(=O)NNC(=O)COC(=O)CCC2CCCCC2)cc1. The molecule has 136 valence electrons. The molecule has 0 spiro atoms. The van der Waals surface area contributed by atoms with E-state index in [0.717, 1.165) is 12.0 Å². The molecular weight excluding hydrogens is 320 g/mol. The molecule has 25 heavy (non-hydrogen) atoms. The van der Waals surface area contributed by atoms with Crippen LogP contribution in [0, 0.1) is 12.8 Å². The zero-order valence-electron chi connectivity index (χ0n) is 14.7. The number of carbonyl (C=O) groups excluding carboxylic acids is 3. The van der Waals surface area contributed by atoms with Crippen LogP contribution in [-0.4, -0.2) is 24.4 Å². The molecule has 1 aromatic rings. The number of aryl methyl sites for hydroxylation is 1. The highest BCUT2D eigenvalue weighted by Gasteiger charge is 2.16. The summed E-state index contributed by atoms with van der Waals surface area (Å²) >= 11 is 0. The summed E-state index contributed by atoms with van der Waals surface area (Å²) in [6, 6.07) is 6.96. The first-order valence-electron chi connectivity index (χ1n) is 8.86. The molecule has 0 heterocycles. The van der Waals surface area contributed by atoms with Crippen molar-refractivity contribution < 1.29 is 19.1 Å². The van der Waals surface area contributed by atoms with Crippen LogP contribution in [0.4, 0.5) is 0 Å². The third kappa shape index (κ3) is 6.95. The molecule has 1 fully saturated rings. The fourth-order valence-corrected chi connectivity index (χ4v) is 2.96. The maximum Gasteiger partial charge on any atom is 0.306 e. The van der Waals surface area contributed by atoms with Crippen LogP contribution >= 0.6 is 0 Å². The van der Waals surface area contributed by atoms with E-state index in [9.17, 15) is 14.4 Å². The number of rotatable bonds is 6. The first-order chi connectivity index (χ1) is 12.0. The number of hydrogen-bond acceptors (Lipinski definition) is 4. The van der Waals surface area contributed by atoms with Gasteiger partial charge in [0.2, 0.25) is 0 Å². The normalized spacial score (nSPS) is 14.6. The molecule has 1 saturated carbocycles. The van der Waals surface area contributed by atoms with E-state index < -0.39 is 18.4 Å². The molecule has 1 aromatic carbocycles. The lowest BCUT2D eigenvalue weighted by atomic mass is 9.86. The molecule has 0 radical (unpaired) electrons. The highest BCUT2D eigenvalue weighted by Crippen LogP contribution is 2.27. The molecule has 2 amide bonds. The first-order valence-corrected chi connectivity index (χ1v) is 8.86. The van der Waals surface area contributed by atoms with Crippen molar-refractivity contribution >= 4 is 17.8 Å². The number of ether oxygens (including phenoxy) is 1. The second-order valence-electron chi connectivity index (χ2n) is 6.57. The smallest absolute Gasteiger partial charge is 0.306 e. The minimum Gasteiger partial charge on any atom is -0.455 e. The minimum atomic E-state index is -0.563. The van der Waals surface area contributed by atoms with Crippen molar-refractivity contribution in [1.82, 2.24) is 10.9 Å². The maximum atomic E-state index is 11.8. The van der Waals surface area contributed by atoms with E-state index in [1.807, 2.05) is 19.1 Å². The average molecular weight is 346 g/mol. The Morgan fingerprint density at radius 3 is 2.40 bits per heavy atom. The number of esters is 1. The second kappa shape index (κ2) is 9.81. The standard InChI is InChI=1S/C19H26N2O4/c1-14-7-10-16(11-8-14)19(24)21-20-17(22)13-25-18(23)12-9-15-5-3-2-4-6-15/h7-8,10-11,15H,2-6,9,12-13H2,1H3,(H,20,22)(H,21,24).